The second-order valence-electron chi connectivity index (χ2n) is 26.6. The molecular weight excluding hydrogens is 2730 g/mol. The first-order valence-electron chi connectivity index (χ1n) is 36.6. The number of hydrogen-bond acceptors (Lipinski definition) is 36. The van der Waals surface area contributed by atoms with Crippen molar-refractivity contribution in [1.82, 2.24) is 31.9 Å². The Morgan fingerprint density at radius 1 is 0.227 bits per heavy atom. The molecule has 9 N–H and O–H groups in total. The fraction of sp³-hybridized carbons (Fsp3) is 0.473. The Balaban J connectivity index is 2.45. The van der Waals surface area contributed by atoms with Crippen LogP contribution in [-0.2, 0) is 129 Å². The van der Waals surface area contributed by atoms with Crippen molar-refractivity contribution in [2.75, 3.05) is 115 Å². The lowest BCUT2D eigenvalue weighted by molar-refractivity contribution is -0.155. The van der Waals surface area contributed by atoms with E-state index in [-0.39, 0.29) is 82.6 Å². The minimum absolute atomic E-state index is 0.0893. The molecule has 0 aliphatic heterocycles. The normalized spacial score (nSPS) is 12.5. The summed E-state index contributed by atoms with van der Waals surface area (Å²) in [4.78, 5) is 275. The topological polar surface area (TPSA) is 605 Å². The van der Waals surface area contributed by atoms with Gasteiger partial charge in [-0.3, -0.25) is 102 Å². The van der Waals surface area contributed by atoms with E-state index in [0.717, 1.165) is 83.1 Å². The molecule has 9 amide bonds. The molecule has 0 radical (unpaired) electrons. The lowest BCUT2D eigenvalue weighted by atomic mass is 9.94. The second kappa shape index (κ2) is 56.4. The molecule has 0 aliphatic rings. The van der Waals surface area contributed by atoms with Crippen LogP contribution in [0, 0.1) is 37.5 Å². The van der Waals surface area contributed by atoms with Crippen LogP contribution in [0.15, 0.2) is 0 Å². The van der Waals surface area contributed by atoms with Crippen molar-refractivity contribution in [2.24, 2.45) is 5.41 Å². The van der Waals surface area contributed by atoms with Crippen LogP contribution in [0.4, 0.5) is 31.4 Å². The molecule has 0 spiro atoms. The summed E-state index contributed by atoms with van der Waals surface area (Å²) in [6, 6.07) is 0. The molecule has 45 nitrogen and oxygen atoms in total. The van der Waals surface area contributed by atoms with Gasteiger partial charge in [-0.2, -0.15) is 0 Å². The van der Waals surface area contributed by atoms with E-state index in [4.69, 9.17) is 71.1 Å². The number of carbonyl (C=O) groups excluding carboxylic acids is 21. The molecule has 0 bridgehead atoms. The molecule has 0 aromatic heterocycles. The SMILES string of the molecule is CC(=O)OCC(CNC(=O)c1c(I)c(NC(=O)OCC(C)(COC(=O)Nc2c(I)c(C(=O)NCC(COC(C)=O)OC(C)=O)c(I)c(C(=O)NCC(COC(C)=O)OC(C)=O)c2I)COC(=O)Nc2c(I)c(C(=O)NCC(COC(C)=O)OC(C)=O)c(I)c(C(=O)NCC(COC(C)=O)OC(C)=O)c2I)c(I)c(C(=O)NCC(COC(C)=O)OC(C)=O)c1I)OC(C)=O. The van der Waals surface area contributed by atoms with E-state index in [1.165, 1.54) is 6.92 Å². The standard InChI is InChI=1S/C74H84I9N9O36/c1-29(93)114-20-41(123-35(7)99)14-84-65(105)47-53(75)48(66(106)85-15-42(124-36(8)100)21-115-30(2)94)57(79)62(56(47)78)90-71(111)120-26-74(13,27-121-72(112)91-63-58(80)49(67(107)86-16-43(125-37(9)101)22-116-31(3)95)54(76)50(59(63)81)68(108)87-17-44(126-38(10)102)23-117-32(4)96)28-122-73(113)92-64-60(82)51(69(109)88-18-45(127-39(11)103)24-118-33(5)97)55(77)52(61(64)83)70(110)89-19-46(128-40(12)104)25-119-34(6)98/h41-46H,14-28H2,1-13H3,(H,84,105)(H,85,106)(H,86,107)(H,87,108)(H,88,109)(H,89,110)(H,90,111)(H,91,112)(H,92,113). The number of hydrogen-bond donors (Lipinski definition) is 9. The number of rotatable bonds is 45. The summed E-state index contributed by atoms with van der Waals surface area (Å²) < 4.78 is 78.4. The Morgan fingerprint density at radius 3 is 0.492 bits per heavy atom. The number of amides is 9. The number of nitrogens with one attached hydrogen (secondary N) is 9. The predicted octanol–water partition coefficient (Wildman–Crippen LogP) is 6.53. The van der Waals surface area contributed by atoms with Gasteiger partial charge in [-0.25, -0.2) is 14.4 Å². The van der Waals surface area contributed by atoms with Crippen LogP contribution >= 0.6 is 203 Å². The molecule has 0 heterocycles. The molecule has 0 saturated carbocycles. The minimum Gasteiger partial charge on any atom is -0.462 e. The first kappa shape index (κ1) is 115. The summed E-state index contributed by atoms with van der Waals surface area (Å²) in [7, 11) is 0. The minimum atomic E-state index is -2.01. The molecule has 704 valence electrons. The summed E-state index contributed by atoms with van der Waals surface area (Å²) in [6.07, 6.45) is -11.9. The van der Waals surface area contributed by atoms with Crippen molar-refractivity contribution in [3.05, 3.63) is 65.5 Å². The van der Waals surface area contributed by atoms with Crippen molar-refractivity contribution in [1.29, 1.82) is 0 Å². The average molecular weight is 2820 g/mol. The number of benzene rings is 3. The zero-order valence-electron chi connectivity index (χ0n) is 69.7. The van der Waals surface area contributed by atoms with E-state index in [9.17, 15) is 101 Å². The highest BCUT2D eigenvalue weighted by Gasteiger charge is 2.38. The molecule has 54 heteroatoms. The molecule has 0 saturated heterocycles. The molecule has 0 aliphatic carbocycles. The highest BCUT2D eigenvalue weighted by molar-refractivity contribution is 14.1. The quantitative estimate of drug-likeness (QED) is 0.0165. The smallest absolute Gasteiger partial charge is 0.411 e. The van der Waals surface area contributed by atoms with Crippen molar-refractivity contribution < 1.29 is 172 Å². The van der Waals surface area contributed by atoms with E-state index in [2.05, 4.69) is 47.9 Å². The predicted molar refractivity (Wildman–Crippen MR) is 514 cm³/mol. The van der Waals surface area contributed by atoms with Gasteiger partial charge in [0.15, 0.2) is 36.6 Å². The zero-order valence-corrected chi connectivity index (χ0v) is 89.1. The summed E-state index contributed by atoms with van der Waals surface area (Å²) >= 11 is 15.0. The van der Waals surface area contributed by atoms with Crippen molar-refractivity contribution in [3.63, 3.8) is 0 Å². The summed E-state index contributed by atoms with van der Waals surface area (Å²) in [5.41, 5.74) is -4.87. The summed E-state index contributed by atoms with van der Waals surface area (Å²) in [5.74, 6) is -15.5. The highest BCUT2D eigenvalue weighted by Crippen LogP contribution is 2.40. The van der Waals surface area contributed by atoms with Gasteiger partial charge in [0.05, 0.1) is 117 Å². The van der Waals surface area contributed by atoms with Gasteiger partial charge in [-0.05, 0) is 210 Å². The van der Waals surface area contributed by atoms with Gasteiger partial charge >= 0.3 is 89.9 Å². The van der Waals surface area contributed by atoms with Crippen LogP contribution in [-0.4, -0.2) is 261 Å². The third kappa shape index (κ3) is 39.9. The Kier molecular flexibility index (Phi) is 50.5. The zero-order chi connectivity index (χ0) is 97.1. The molecule has 6 unspecified atom stereocenters. The fourth-order valence-corrected chi connectivity index (χ4v) is 23.3. The second-order valence-corrected chi connectivity index (χ2v) is 36.3. The number of esters is 12. The number of anilines is 3. The van der Waals surface area contributed by atoms with Crippen LogP contribution in [0.5, 0.6) is 0 Å². The third-order valence-corrected chi connectivity index (χ3v) is 25.1. The maximum absolute atomic E-state index is 14.7. The van der Waals surface area contributed by atoms with Crippen LogP contribution in [0.1, 0.15) is 152 Å². The first-order valence-corrected chi connectivity index (χ1v) is 46.4. The lowest BCUT2D eigenvalue weighted by Crippen LogP contribution is -2.40. The van der Waals surface area contributed by atoms with Gasteiger partial charge in [0, 0.05) is 93.8 Å². The Hall–Kier alpha value is -7.50. The van der Waals surface area contributed by atoms with E-state index in [1.54, 1.807) is 203 Å². The Labute approximate surface area is 851 Å². The van der Waals surface area contributed by atoms with Crippen LogP contribution in [0.2, 0.25) is 0 Å². The van der Waals surface area contributed by atoms with Crippen molar-refractivity contribution >= 4 is 346 Å². The molecule has 3 aromatic carbocycles. The van der Waals surface area contributed by atoms with Gasteiger partial charge in [0.2, 0.25) is 0 Å². The lowest BCUT2D eigenvalue weighted by Gasteiger charge is -2.28. The maximum Gasteiger partial charge on any atom is 0.411 e. The number of carbonyl (C=O) groups is 21. The maximum atomic E-state index is 14.7. The highest BCUT2D eigenvalue weighted by atomic mass is 127. The first-order chi connectivity index (χ1) is 59.7. The molecule has 3 aromatic rings. The number of halogens is 9. The molecular formula is C74H84I9N9O36. The van der Waals surface area contributed by atoms with E-state index < -0.39 is 266 Å². The third-order valence-electron chi connectivity index (χ3n) is 15.4. The summed E-state index contributed by atoms with van der Waals surface area (Å²) in [6.45, 7) is 4.80. The van der Waals surface area contributed by atoms with Crippen molar-refractivity contribution in [2.45, 2.75) is 127 Å². The molecule has 128 heavy (non-hydrogen) atoms. The monoisotopic (exact) mass is 2820 g/mol. The molecule has 3 rings (SSSR count). The number of ether oxygens (including phenoxy) is 15. The van der Waals surface area contributed by atoms with Crippen LogP contribution in [0.25, 0.3) is 0 Å². The Morgan fingerprint density at radius 2 is 0.367 bits per heavy atom. The van der Waals surface area contributed by atoms with Gasteiger partial charge in [-0.15, -0.1) is 0 Å². The van der Waals surface area contributed by atoms with E-state index >= 15 is 0 Å². The van der Waals surface area contributed by atoms with Gasteiger partial charge in [-0.1, -0.05) is 0 Å². The van der Waals surface area contributed by atoms with Gasteiger partial charge < -0.3 is 103 Å². The average Bonchev–Trinajstić information content (AvgIpc) is 0.775. The largest absolute Gasteiger partial charge is 0.462 e. The van der Waals surface area contributed by atoms with Gasteiger partial charge in [0.1, 0.15) is 59.5 Å². The van der Waals surface area contributed by atoms with Gasteiger partial charge in [0.25, 0.3) is 35.4 Å². The fourth-order valence-electron chi connectivity index (χ4n) is 10.0. The van der Waals surface area contributed by atoms with Crippen molar-refractivity contribution in [3.8, 4) is 0 Å². The van der Waals surface area contributed by atoms with E-state index in [0.29, 0.717) is 0 Å². The van der Waals surface area contributed by atoms with Crippen LogP contribution < -0.4 is 47.9 Å². The van der Waals surface area contributed by atoms with E-state index in [1.807, 2.05) is 0 Å². The van der Waals surface area contributed by atoms with Crippen LogP contribution in [0.3, 0.4) is 0 Å². The summed E-state index contributed by atoms with van der Waals surface area (Å²) in [5, 5.41) is 22.8. The molecule has 0 fully saturated rings. The Bertz CT molecular complexity index is 4090. The molecule has 6 atom stereocenters.